The molecule has 0 saturated heterocycles. The number of hydrogen-bond acceptors (Lipinski definition) is 1. The Morgan fingerprint density at radius 1 is 1.28 bits per heavy atom. The normalized spacial score (nSPS) is 25.3. The van der Waals surface area contributed by atoms with E-state index in [-0.39, 0.29) is 0 Å². The van der Waals surface area contributed by atoms with E-state index in [9.17, 15) is 0 Å². The second kappa shape index (κ2) is 5.88. The van der Waals surface area contributed by atoms with Gasteiger partial charge in [-0.3, -0.25) is 0 Å². The quantitative estimate of drug-likeness (QED) is 0.849. The van der Waals surface area contributed by atoms with Crippen molar-refractivity contribution in [1.29, 1.82) is 0 Å². The van der Waals surface area contributed by atoms with Gasteiger partial charge in [-0.05, 0) is 63.1 Å². The molecule has 1 heteroatoms. The molecule has 0 bridgehead atoms. The highest BCUT2D eigenvalue weighted by Gasteiger charge is 2.28. The maximum absolute atomic E-state index is 3.56. The average molecular weight is 245 g/mol. The first-order chi connectivity index (χ1) is 8.60. The summed E-state index contributed by atoms with van der Waals surface area (Å²) >= 11 is 0. The lowest BCUT2D eigenvalue weighted by atomic mass is 9.89. The van der Waals surface area contributed by atoms with Crippen molar-refractivity contribution in [2.45, 2.75) is 52.5 Å². The molecule has 100 valence electrons. The van der Waals surface area contributed by atoms with Gasteiger partial charge in [-0.25, -0.2) is 0 Å². The second-order valence-corrected chi connectivity index (χ2v) is 6.21. The van der Waals surface area contributed by atoms with Crippen molar-refractivity contribution in [3.05, 3.63) is 34.9 Å². The fourth-order valence-electron chi connectivity index (χ4n) is 3.38. The first kappa shape index (κ1) is 13.6. The highest BCUT2D eigenvalue weighted by molar-refractivity contribution is 5.31. The van der Waals surface area contributed by atoms with E-state index in [0.29, 0.717) is 6.04 Å². The number of hydrogen-bond donors (Lipinski definition) is 1. The molecular formula is C17H27N. The van der Waals surface area contributed by atoms with Gasteiger partial charge in [0.15, 0.2) is 0 Å². The fraction of sp³-hybridized carbons (Fsp3) is 0.647. The highest BCUT2D eigenvalue weighted by atomic mass is 14.9. The topological polar surface area (TPSA) is 12.0 Å². The summed E-state index contributed by atoms with van der Waals surface area (Å²) in [5.41, 5.74) is 4.34. The van der Waals surface area contributed by atoms with E-state index in [0.717, 1.165) is 11.8 Å². The molecule has 3 unspecified atom stereocenters. The third kappa shape index (κ3) is 3.14. The third-order valence-corrected chi connectivity index (χ3v) is 4.62. The van der Waals surface area contributed by atoms with Crippen LogP contribution in [-0.4, -0.2) is 13.1 Å². The Hall–Kier alpha value is -0.820. The summed E-state index contributed by atoms with van der Waals surface area (Å²) in [5.74, 6) is 1.79. The Labute approximate surface area is 112 Å². The molecule has 0 spiro atoms. The van der Waals surface area contributed by atoms with Crippen LogP contribution >= 0.6 is 0 Å². The van der Waals surface area contributed by atoms with E-state index < -0.39 is 0 Å². The molecule has 0 radical (unpaired) electrons. The maximum Gasteiger partial charge on any atom is 0.0133 e. The Morgan fingerprint density at radius 2 is 2.06 bits per heavy atom. The fourth-order valence-corrected chi connectivity index (χ4v) is 3.38. The summed E-state index contributed by atoms with van der Waals surface area (Å²) in [6.45, 7) is 6.82. The SMILES string of the molecule is CNC(Cc1cc(C)ccc1C)C1CCC(C)C1. The van der Waals surface area contributed by atoms with Crippen molar-refractivity contribution in [3.63, 3.8) is 0 Å². The lowest BCUT2D eigenvalue weighted by molar-refractivity contribution is 0.367. The number of benzene rings is 1. The van der Waals surface area contributed by atoms with E-state index in [1.807, 2.05) is 0 Å². The molecule has 0 amide bonds. The highest BCUT2D eigenvalue weighted by Crippen LogP contribution is 2.33. The Bertz CT molecular complexity index is 397. The molecule has 0 aliphatic heterocycles. The van der Waals surface area contributed by atoms with E-state index >= 15 is 0 Å². The molecule has 1 aliphatic carbocycles. The first-order valence-electron chi connectivity index (χ1n) is 7.33. The predicted octanol–water partition coefficient (Wildman–Crippen LogP) is 3.87. The van der Waals surface area contributed by atoms with E-state index in [2.05, 4.69) is 51.3 Å². The van der Waals surface area contributed by atoms with Crippen LogP contribution in [-0.2, 0) is 6.42 Å². The van der Waals surface area contributed by atoms with Crippen molar-refractivity contribution >= 4 is 0 Å². The smallest absolute Gasteiger partial charge is 0.0133 e. The van der Waals surface area contributed by atoms with E-state index in [1.165, 1.54) is 42.4 Å². The van der Waals surface area contributed by atoms with Crippen molar-refractivity contribution in [2.24, 2.45) is 11.8 Å². The van der Waals surface area contributed by atoms with Crippen LogP contribution in [0.25, 0.3) is 0 Å². The van der Waals surface area contributed by atoms with Gasteiger partial charge in [-0.2, -0.15) is 0 Å². The molecule has 1 aromatic carbocycles. The average Bonchev–Trinajstić information content (AvgIpc) is 2.77. The minimum atomic E-state index is 0.649. The molecule has 0 aromatic heterocycles. The molecule has 1 nitrogen and oxygen atoms in total. The Kier molecular flexibility index (Phi) is 4.45. The Morgan fingerprint density at radius 3 is 2.67 bits per heavy atom. The van der Waals surface area contributed by atoms with Gasteiger partial charge < -0.3 is 5.32 Å². The molecule has 1 fully saturated rings. The lowest BCUT2D eigenvalue weighted by Gasteiger charge is -2.24. The van der Waals surface area contributed by atoms with Crippen LogP contribution in [0.1, 0.15) is 42.9 Å². The van der Waals surface area contributed by atoms with Crippen LogP contribution in [0, 0.1) is 25.7 Å². The molecule has 1 saturated carbocycles. The van der Waals surface area contributed by atoms with Gasteiger partial charge in [0.25, 0.3) is 0 Å². The van der Waals surface area contributed by atoms with E-state index in [1.54, 1.807) is 0 Å². The zero-order valence-corrected chi connectivity index (χ0v) is 12.3. The zero-order chi connectivity index (χ0) is 13.1. The molecule has 18 heavy (non-hydrogen) atoms. The number of aryl methyl sites for hydroxylation is 2. The van der Waals surface area contributed by atoms with Crippen molar-refractivity contribution < 1.29 is 0 Å². The van der Waals surface area contributed by atoms with Gasteiger partial charge in [0.1, 0.15) is 0 Å². The lowest BCUT2D eigenvalue weighted by Crippen LogP contribution is -2.34. The minimum Gasteiger partial charge on any atom is -0.316 e. The molecule has 1 aromatic rings. The first-order valence-corrected chi connectivity index (χ1v) is 7.33. The number of rotatable bonds is 4. The Balaban J connectivity index is 2.08. The van der Waals surface area contributed by atoms with Gasteiger partial charge in [-0.1, -0.05) is 37.1 Å². The minimum absolute atomic E-state index is 0.649. The molecule has 1 aliphatic rings. The van der Waals surface area contributed by atoms with Crippen LogP contribution in [0.5, 0.6) is 0 Å². The maximum atomic E-state index is 3.56. The van der Waals surface area contributed by atoms with Crippen LogP contribution in [0.3, 0.4) is 0 Å². The van der Waals surface area contributed by atoms with Crippen molar-refractivity contribution in [1.82, 2.24) is 5.32 Å². The molecular weight excluding hydrogens is 218 g/mol. The summed E-state index contributed by atoms with van der Waals surface area (Å²) < 4.78 is 0. The van der Waals surface area contributed by atoms with Gasteiger partial charge in [0.2, 0.25) is 0 Å². The number of likely N-dealkylation sites (N-methyl/N-ethyl adjacent to an activating group) is 1. The monoisotopic (exact) mass is 245 g/mol. The van der Waals surface area contributed by atoms with Crippen LogP contribution < -0.4 is 5.32 Å². The van der Waals surface area contributed by atoms with Gasteiger partial charge in [-0.15, -0.1) is 0 Å². The van der Waals surface area contributed by atoms with E-state index in [4.69, 9.17) is 0 Å². The molecule has 0 heterocycles. The largest absolute Gasteiger partial charge is 0.316 e. The summed E-state index contributed by atoms with van der Waals surface area (Å²) in [6.07, 6.45) is 5.39. The van der Waals surface area contributed by atoms with Gasteiger partial charge >= 0.3 is 0 Å². The zero-order valence-electron chi connectivity index (χ0n) is 12.3. The van der Waals surface area contributed by atoms with Crippen molar-refractivity contribution in [3.8, 4) is 0 Å². The standard InChI is InChI=1S/C17H27N/c1-12-5-7-14(3)16(10-12)11-17(18-4)15-8-6-13(2)9-15/h5,7,10,13,15,17-18H,6,8-9,11H2,1-4H3. The van der Waals surface area contributed by atoms with Gasteiger partial charge in [0, 0.05) is 6.04 Å². The summed E-state index contributed by atoms with van der Waals surface area (Å²) in [7, 11) is 2.12. The van der Waals surface area contributed by atoms with Gasteiger partial charge in [0.05, 0.1) is 0 Å². The second-order valence-electron chi connectivity index (χ2n) is 6.21. The molecule has 1 N–H and O–H groups in total. The summed E-state index contributed by atoms with van der Waals surface area (Å²) in [6, 6.07) is 7.48. The number of nitrogens with one attached hydrogen (secondary N) is 1. The molecule has 3 atom stereocenters. The van der Waals surface area contributed by atoms with Crippen LogP contribution in [0.15, 0.2) is 18.2 Å². The summed E-state index contributed by atoms with van der Waals surface area (Å²) in [4.78, 5) is 0. The van der Waals surface area contributed by atoms with Crippen molar-refractivity contribution in [2.75, 3.05) is 7.05 Å². The van der Waals surface area contributed by atoms with Crippen LogP contribution in [0.4, 0.5) is 0 Å². The third-order valence-electron chi connectivity index (χ3n) is 4.62. The van der Waals surface area contributed by atoms with Crippen LogP contribution in [0.2, 0.25) is 0 Å². The molecule has 2 rings (SSSR count). The summed E-state index contributed by atoms with van der Waals surface area (Å²) in [5, 5.41) is 3.56. The predicted molar refractivity (Wildman–Crippen MR) is 79.0 cm³/mol.